The molecule has 0 saturated heterocycles. The molecule has 7 heteroatoms. The molecule has 0 aliphatic rings. The molecule has 1 aromatic heterocycles. The molecule has 1 heterocycles. The van der Waals surface area contributed by atoms with Crippen LogP contribution in [0.3, 0.4) is 0 Å². The summed E-state index contributed by atoms with van der Waals surface area (Å²) in [5.74, 6) is 0. The van der Waals surface area contributed by atoms with Gasteiger partial charge < -0.3 is 14.8 Å². The molecule has 112 valence electrons. The highest BCUT2D eigenvalue weighted by atomic mass is 35.5. The van der Waals surface area contributed by atoms with Gasteiger partial charge in [0, 0.05) is 5.39 Å². The largest absolute Gasteiger partial charge is 0.506 e. The van der Waals surface area contributed by atoms with Gasteiger partial charge in [-0.05, 0) is 51.5 Å². The standard InChI is InChI=1S/C14H17BClNO4/c1-8-5-9-7-11(15(19)20)17(12(9)10(16)6-8)13(18)21-14(2,3)4/h5-7,19-20H,1-4H3. The summed E-state index contributed by atoms with van der Waals surface area (Å²) >= 11 is 6.21. The minimum absolute atomic E-state index is 0.0201. The van der Waals surface area contributed by atoms with E-state index < -0.39 is 18.8 Å². The summed E-state index contributed by atoms with van der Waals surface area (Å²) in [5, 5.41) is 20.0. The van der Waals surface area contributed by atoms with Crippen LogP contribution in [-0.2, 0) is 4.74 Å². The summed E-state index contributed by atoms with van der Waals surface area (Å²) in [6.45, 7) is 7.07. The first-order valence-electron chi connectivity index (χ1n) is 6.51. The number of hydrogen-bond acceptors (Lipinski definition) is 4. The highest BCUT2D eigenvalue weighted by Crippen LogP contribution is 2.26. The number of hydrogen-bond donors (Lipinski definition) is 2. The molecule has 0 aliphatic carbocycles. The zero-order chi connectivity index (χ0) is 15.9. The average Bonchev–Trinajstić information content (AvgIpc) is 2.65. The first-order chi connectivity index (χ1) is 9.60. The van der Waals surface area contributed by atoms with Crippen LogP contribution in [0.25, 0.3) is 10.9 Å². The van der Waals surface area contributed by atoms with Crippen molar-refractivity contribution in [2.24, 2.45) is 0 Å². The van der Waals surface area contributed by atoms with Gasteiger partial charge in [-0.15, -0.1) is 0 Å². The molecule has 21 heavy (non-hydrogen) atoms. The third-order valence-electron chi connectivity index (χ3n) is 2.86. The van der Waals surface area contributed by atoms with Crippen LogP contribution in [-0.4, -0.2) is 33.4 Å². The maximum absolute atomic E-state index is 12.4. The lowest BCUT2D eigenvalue weighted by atomic mass is 9.86. The van der Waals surface area contributed by atoms with Gasteiger partial charge in [-0.2, -0.15) is 0 Å². The SMILES string of the molecule is Cc1cc(Cl)c2c(c1)cc(B(O)O)n2C(=O)OC(C)(C)C. The van der Waals surface area contributed by atoms with E-state index in [1.807, 2.05) is 13.0 Å². The van der Waals surface area contributed by atoms with E-state index in [2.05, 4.69) is 0 Å². The molecule has 2 aromatic rings. The number of aromatic nitrogens is 1. The minimum Gasteiger partial charge on any atom is -0.443 e. The van der Waals surface area contributed by atoms with E-state index in [1.54, 1.807) is 26.8 Å². The Bertz CT molecular complexity index is 703. The maximum Gasteiger partial charge on any atom is 0.506 e. The monoisotopic (exact) mass is 309 g/mol. The molecule has 5 nitrogen and oxygen atoms in total. The van der Waals surface area contributed by atoms with Crippen molar-refractivity contribution in [2.45, 2.75) is 33.3 Å². The molecule has 0 spiro atoms. The molecule has 0 saturated carbocycles. The fourth-order valence-corrected chi connectivity index (χ4v) is 2.52. The van der Waals surface area contributed by atoms with Crippen molar-refractivity contribution in [3.05, 3.63) is 28.8 Å². The van der Waals surface area contributed by atoms with E-state index in [4.69, 9.17) is 16.3 Å². The molecule has 2 N–H and O–H groups in total. The molecule has 0 atom stereocenters. The van der Waals surface area contributed by atoms with Crippen molar-refractivity contribution in [2.75, 3.05) is 0 Å². The summed E-state index contributed by atoms with van der Waals surface area (Å²) in [6.07, 6.45) is -0.702. The lowest BCUT2D eigenvalue weighted by Gasteiger charge is -2.21. The maximum atomic E-state index is 12.4. The quantitative estimate of drug-likeness (QED) is 0.791. The van der Waals surface area contributed by atoms with Gasteiger partial charge in [-0.25, -0.2) is 4.79 Å². The van der Waals surface area contributed by atoms with E-state index in [0.717, 1.165) is 10.1 Å². The van der Waals surface area contributed by atoms with Crippen molar-refractivity contribution < 1.29 is 19.6 Å². The predicted molar refractivity (Wildman–Crippen MR) is 83.1 cm³/mol. The van der Waals surface area contributed by atoms with E-state index in [-0.39, 0.29) is 5.59 Å². The van der Waals surface area contributed by atoms with Gasteiger partial charge >= 0.3 is 13.2 Å². The van der Waals surface area contributed by atoms with Gasteiger partial charge in [0.1, 0.15) is 5.60 Å². The highest BCUT2D eigenvalue weighted by Gasteiger charge is 2.28. The van der Waals surface area contributed by atoms with Gasteiger partial charge in [-0.1, -0.05) is 11.6 Å². The Kier molecular flexibility index (Phi) is 4.06. The van der Waals surface area contributed by atoms with Crippen molar-refractivity contribution in [1.29, 1.82) is 0 Å². The average molecular weight is 310 g/mol. The van der Waals surface area contributed by atoms with E-state index in [0.29, 0.717) is 15.9 Å². The van der Waals surface area contributed by atoms with Crippen molar-refractivity contribution in [3.63, 3.8) is 0 Å². The highest BCUT2D eigenvalue weighted by molar-refractivity contribution is 6.59. The number of carbonyl (C=O) groups is 1. The van der Waals surface area contributed by atoms with Crippen molar-refractivity contribution in [3.8, 4) is 0 Å². The molecule has 0 unspecified atom stereocenters. The normalized spacial score (nSPS) is 11.8. The van der Waals surface area contributed by atoms with Crippen LogP contribution >= 0.6 is 11.6 Å². The smallest absolute Gasteiger partial charge is 0.443 e. The summed E-state index contributed by atoms with van der Waals surface area (Å²) in [6, 6.07) is 5.04. The summed E-state index contributed by atoms with van der Waals surface area (Å²) < 4.78 is 6.41. The topological polar surface area (TPSA) is 71.7 Å². The fraction of sp³-hybridized carbons (Fsp3) is 0.357. The van der Waals surface area contributed by atoms with Gasteiger partial charge in [-0.3, -0.25) is 4.57 Å². The molecule has 0 radical (unpaired) electrons. The second kappa shape index (κ2) is 5.37. The Morgan fingerprint density at radius 2 is 1.90 bits per heavy atom. The number of nitrogens with zero attached hydrogens (tertiary/aromatic N) is 1. The first kappa shape index (κ1) is 15.9. The van der Waals surface area contributed by atoms with Crippen LogP contribution in [0.15, 0.2) is 18.2 Å². The minimum atomic E-state index is -1.80. The van der Waals surface area contributed by atoms with Crippen LogP contribution in [0, 0.1) is 6.92 Å². The Balaban J connectivity index is 2.70. The molecule has 2 rings (SSSR count). The van der Waals surface area contributed by atoms with Crippen LogP contribution in [0.5, 0.6) is 0 Å². The van der Waals surface area contributed by atoms with Crippen LogP contribution in [0.1, 0.15) is 26.3 Å². The van der Waals surface area contributed by atoms with Gasteiger partial charge in [0.2, 0.25) is 0 Å². The lowest BCUT2D eigenvalue weighted by molar-refractivity contribution is 0.0547. The molecule has 0 amide bonds. The molecular formula is C14H17BClNO4. The van der Waals surface area contributed by atoms with E-state index >= 15 is 0 Å². The number of rotatable bonds is 1. The second-order valence-electron chi connectivity index (χ2n) is 5.94. The zero-order valence-electron chi connectivity index (χ0n) is 12.3. The first-order valence-corrected chi connectivity index (χ1v) is 6.89. The number of halogens is 1. The van der Waals surface area contributed by atoms with Gasteiger partial charge in [0.15, 0.2) is 0 Å². The third-order valence-corrected chi connectivity index (χ3v) is 3.15. The van der Waals surface area contributed by atoms with Crippen molar-refractivity contribution >= 4 is 41.3 Å². The fourth-order valence-electron chi connectivity index (χ4n) is 2.15. The number of benzene rings is 1. The molecule has 0 aliphatic heterocycles. The third kappa shape index (κ3) is 3.23. The van der Waals surface area contributed by atoms with Crippen LogP contribution < -0.4 is 5.59 Å². The van der Waals surface area contributed by atoms with E-state index in [9.17, 15) is 14.8 Å². The second-order valence-corrected chi connectivity index (χ2v) is 6.35. The zero-order valence-corrected chi connectivity index (χ0v) is 13.1. The molecule has 0 fully saturated rings. The van der Waals surface area contributed by atoms with Crippen LogP contribution in [0.4, 0.5) is 4.79 Å². The number of fused-ring (bicyclic) bond motifs is 1. The summed E-state index contributed by atoms with van der Waals surface area (Å²) in [4.78, 5) is 12.4. The Morgan fingerprint density at radius 1 is 1.29 bits per heavy atom. The molecular weight excluding hydrogens is 292 g/mol. The Labute approximate surface area is 128 Å². The van der Waals surface area contributed by atoms with Gasteiger partial charge in [0.05, 0.1) is 16.1 Å². The number of carbonyl (C=O) groups excluding carboxylic acids is 1. The predicted octanol–water partition coefficient (Wildman–Crippen LogP) is 2.07. The molecule has 1 aromatic carbocycles. The molecule has 0 bridgehead atoms. The lowest BCUT2D eigenvalue weighted by Crippen LogP contribution is -2.41. The number of ether oxygens (including phenoxy) is 1. The summed E-state index contributed by atoms with van der Waals surface area (Å²) in [5.41, 5.74) is 0.627. The summed E-state index contributed by atoms with van der Waals surface area (Å²) in [7, 11) is -1.80. The Hall–Kier alpha value is -1.50. The van der Waals surface area contributed by atoms with Crippen molar-refractivity contribution in [1.82, 2.24) is 4.57 Å². The number of aryl methyl sites for hydroxylation is 1. The van der Waals surface area contributed by atoms with Crippen LogP contribution in [0.2, 0.25) is 5.02 Å². The Morgan fingerprint density at radius 3 is 2.43 bits per heavy atom. The van der Waals surface area contributed by atoms with E-state index in [1.165, 1.54) is 6.07 Å². The van der Waals surface area contributed by atoms with Gasteiger partial charge in [0.25, 0.3) is 0 Å².